The number of rotatable bonds is 2. The third kappa shape index (κ3) is 2.74. The van der Waals surface area contributed by atoms with Crippen LogP contribution in [-0.2, 0) is 0 Å². The number of halogens is 2. The summed E-state index contributed by atoms with van der Waals surface area (Å²) >= 11 is 0. The quantitative estimate of drug-likeness (QED) is 0.472. The van der Waals surface area contributed by atoms with Crippen molar-refractivity contribution in [2.75, 3.05) is 6.54 Å². The van der Waals surface area contributed by atoms with Crippen molar-refractivity contribution >= 4 is 5.69 Å². The number of benzene rings is 1. The van der Waals surface area contributed by atoms with Crippen LogP contribution in [0.2, 0.25) is 0 Å². The molecule has 0 aromatic heterocycles. The summed E-state index contributed by atoms with van der Waals surface area (Å²) in [6.07, 6.45) is 0.301. The van der Waals surface area contributed by atoms with Crippen LogP contribution in [0.3, 0.4) is 0 Å². The maximum absolute atomic E-state index is 13.1. The van der Waals surface area contributed by atoms with Crippen LogP contribution in [-0.4, -0.2) is 11.5 Å². The van der Waals surface area contributed by atoms with E-state index in [9.17, 15) is 18.9 Å². The summed E-state index contributed by atoms with van der Waals surface area (Å²) in [6.45, 7) is 0.276. The molecule has 0 saturated carbocycles. The molecule has 0 radical (unpaired) electrons. The fraction of sp³-hybridized carbons (Fsp3) is 0.200. The first-order valence-electron chi connectivity index (χ1n) is 4.38. The molecule has 0 atom stereocenters. The number of nitrogens with two attached hydrogens (primary N) is 1. The van der Waals surface area contributed by atoms with Crippen molar-refractivity contribution < 1.29 is 13.7 Å². The summed E-state index contributed by atoms with van der Waals surface area (Å²) in [5.41, 5.74) is 4.07. The molecular formula is C10H8F2N2O2. The largest absolute Gasteiger partial charge is 0.330 e. The fourth-order valence-corrected chi connectivity index (χ4v) is 1.08. The molecule has 2 N–H and O–H groups in total. The Morgan fingerprint density at radius 1 is 1.44 bits per heavy atom. The molecule has 4 nitrogen and oxygen atoms in total. The van der Waals surface area contributed by atoms with Crippen molar-refractivity contribution in [3.8, 4) is 11.8 Å². The van der Waals surface area contributed by atoms with E-state index in [2.05, 4.69) is 11.8 Å². The van der Waals surface area contributed by atoms with Gasteiger partial charge in [-0.2, -0.15) is 4.39 Å². The molecule has 0 saturated heterocycles. The molecule has 6 heteroatoms. The van der Waals surface area contributed by atoms with E-state index >= 15 is 0 Å². The minimum absolute atomic E-state index is 0.276. The molecule has 1 rings (SSSR count). The van der Waals surface area contributed by atoms with Crippen LogP contribution < -0.4 is 5.73 Å². The summed E-state index contributed by atoms with van der Waals surface area (Å²) < 4.78 is 25.9. The first-order valence-corrected chi connectivity index (χ1v) is 4.38. The average Bonchev–Trinajstić information content (AvgIpc) is 2.16. The minimum Gasteiger partial charge on any atom is -0.330 e. The molecule has 0 bridgehead atoms. The van der Waals surface area contributed by atoms with Gasteiger partial charge in [-0.1, -0.05) is 11.8 Å². The second-order valence-corrected chi connectivity index (χ2v) is 2.88. The van der Waals surface area contributed by atoms with Gasteiger partial charge in [-0.3, -0.25) is 10.1 Å². The Labute approximate surface area is 90.2 Å². The van der Waals surface area contributed by atoms with E-state index in [1.165, 1.54) is 0 Å². The Morgan fingerprint density at radius 2 is 2.12 bits per heavy atom. The molecular weight excluding hydrogens is 218 g/mol. The molecule has 1 aromatic rings. The zero-order valence-corrected chi connectivity index (χ0v) is 8.17. The second-order valence-electron chi connectivity index (χ2n) is 2.88. The van der Waals surface area contributed by atoms with Crippen LogP contribution in [0.4, 0.5) is 14.5 Å². The molecule has 0 aliphatic carbocycles. The van der Waals surface area contributed by atoms with Crippen LogP contribution in [0.1, 0.15) is 12.0 Å². The monoisotopic (exact) mass is 226 g/mol. The summed E-state index contributed by atoms with van der Waals surface area (Å²) in [7, 11) is 0. The zero-order valence-electron chi connectivity index (χ0n) is 8.17. The lowest BCUT2D eigenvalue weighted by Gasteiger charge is -1.97. The predicted molar refractivity (Wildman–Crippen MR) is 53.6 cm³/mol. The predicted octanol–water partition coefficient (Wildman–Crippen LogP) is 1.57. The molecule has 1 aromatic carbocycles. The maximum atomic E-state index is 13.1. The number of hydrogen-bond donors (Lipinski definition) is 1. The van der Waals surface area contributed by atoms with E-state index in [1.54, 1.807) is 0 Å². The highest BCUT2D eigenvalue weighted by Crippen LogP contribution is 2.23. The summed E-state index contributed by atoms with van der Waals surface area (Å²) in [6, 6.07) is 1.27. The molecule has 16 heavy (non-hydrogen) atoms. The van der Waals surface area contributed by atoms with E-state index in [0.29, 0.717) is 12.5 Å². The van der Waals surface area contributed by atoms with E-state index in [1.807, 2.05) is 0 Å². The Morgan fingerprint density at radius 3 is 2.69 bits per heavy atom. The highest BCUT2D eigenvalue weighted by Gasteiger charge is 2.20. The summed E-state index contributed by atoms with van der Waals surface area (Å²) in [5, 5.41) is 10.5. The number of hydrogen-bond acceptors (Lipinski definition) is 3. The van der Waals surface area contributed by atoms with Crippen LogP contribution in [0.5, 0.6) is 0 Å². The lowest BCUT2D eigenvalue weighted by Crippen LogP contribution is -1.98. The molecule has 0 spiro atoms. The normalized spacial score (nSPS) is 9.44. The fourth-order valence-electron chi connectivity index (χ4n) is 1.08. The van der Waals surface area contributed by atoms with Gasteiger partial charge in [0.25, 0.3) is 0 Å². The van der Waals surface area contributed by atoms with Gasteiger partial charge in [0.2, 0.25) is 5.82 Å². The van der Waals surface area contributed by atoms with Crippen LogP contribution in [0.15, 0.2) is 12.1 Å². The number of nitro benzene ring substituents is 1. The third-order valence-corrected chi connectivity index (χ3v) is 1.70. The van der Waals surface area contributed by atoms with E-state index in [4.69, 9.17) is 5.73 Å². The lowest BCUT2D eigenvalue weighted by molar-refractivity contribution is -0.387. The van der Waals surface area contributed by atoms with Crippen molar-refractivity contribution in [1.82, 2.24) is 0 Å². The standard InChI is InChI=1S/C10H8F2N2O2/c11-8-5-7(3-1-2-4-13)10(14(15)16)9(12)6-8/h5-6H,2,4,13H2. The van der Waals surface area contributed by atoms with Gasteiger partial charge in [0.05, 0.1) is 4.92 Å². The lowest BCUT2D eigenvalue weighted by atomic mass is 10.1. The SMILES string of the molecule is NCCC#Cc1cc(F)cc(F)c1[N+](=O)[O-]. The van der Waals surface area contributed by atoms with Gasteiger partial charge in [0, 0.05) is 19.0 Å². The van der Waals surface area contributed by atoms with Crippen molar-refractivity contribution in [1.29, 1.82) is 0 Å². The Kier molecular flexibility index (Phi) is 3.91. The molecule has 0 unspecified atom stereocenters. The van der Waals surface area contributed by atoms with Gasteiger partial charge in [0.15, 0.2) is 0 Å². The molecule has 0 fully saturated rings. The molecule has 0 amide bonds. The Balaban J connectivity index is 3.26. The van der Waals surface area contributed by atoms with E-state index in [0.717, 1.165) is 6.07 Å². The Bertz CT molecular complexity index is 478. The molecule has 0 aliphatic rings. The van der Waals surface area contributed by atoms with E-state index in [-0.39, 0.29) is 12.1 Å². The topological polar surface area (TPSA) is 69.2 Å². The van der Waals surface area contributed by atoms with Crippen molar-refractivity contribution in [3.63, 3.8) is 0 Å². The first kappa shape index (κ1) is 12.1. The smallest absolute Gasteiger partial charge is 0.320 e. The summed E-state index contributed by atoms with van der Waals surface area (Å²) in [5.74, 6) is 2.68. The van der Waals surface area contributed by atoms with Crippen molar-refractivity contribution in [2.45, 2.75) is 6.42 Å². The minimum atomic E-state index is -1.23. The highest BCUT2D eigenvalue weighted by molar-refractivity contribution is 5.52. The second kappa shape index (κ2) is 5.19. The molecule has 0 aliphatic heterocycles. The van der Waals surface area contributed by atoms with Gasteiger partial charge >= 0.3 is 5.69 Å². The first-order chi connectivity index (χ1) is 7.56. The average molecular weight is 226 g/mol. The van der Waals surface area contributed by atoms with Gasteiger partial charge in [0.1, 0.15) is 11.4 Å². The van der Waals surface area contributed by atoms with E-state index < -0.39 is 22.2 Å². The third-order valence-electron chi connectivity index (χ3n) is 1.70. The summed E-state index contributed by atoms with van der Waals surface area (Å²) in [4.78, 5) is 9.61. The van der Waals surface area contributed by atoms with Crippen molar-refractivity contribution in [2.24, 2.45) is 5.73 Å². The molecule has 0 heterocycles. The highest BCUT2D eigenvalue weighted by atomic mass is 19.1. The Hall–Kier alpha value is -2.00. The van der Waals surface area contributed by atoms with Crippen molar-refractivity contribution in [3.05, 3.63) is 39.4 Å². The van der Waals surface area contributed by atoms with Crippen LogP contribution >= 0.6 is 0 Å². The van der Waals surface area contributed by atoms with Crippen LogP contribution in [0, 0.1) is 33.6 Å². The maximum Gasteiger partial charge on any atom is 0.320 e. The van der Waals surface area contributed by atoms with Gasteiger partial charge < -0.3 is 5.73 Å². The zero-order chi connectivity index (χ0) is 12.1. The van der Waals surface area contributed by atoms with Crippen LogP contribution in [0.25, 0.3) is 0 Å². The number of nitro groups is 1. The number of nitrogens with zero attached hydrogens (tertiary/aromatic N) is 1. The molecule has 84 valence electrons. The van der Waals surface area contributed by atoms with Gasteiger partial charge in [-0.15, -0.1) is 0 Å². The van der Waals surface area contributed by atoms with Gasteiger partial charge in [-0.05, 0) is 6.07 Å². The van der Waals surface area contributed by atoms with Gasteiger partial charge in [-0.25, -0.2) is 4.39 Å².